The number of anilines is 1. The number of rotatable bonds is 2. The summed E-state index contributed by atoms with van der Waals surface area (Å²) in [5.74, 6) is -0.865. The maximum Gasteiger partial charge on any atom is 0.451 e. The number of aromatic amines is 1. The van der Waals surface area contributed by atoms with E-state index in [2.05, 4.69) is 24.8 Å². The molecule has 1 aliphatic rings. The zero-order valence-electron chi connectivity index (χ0n) is 12.4. The van der Waals surface area contributed by atoms with E-state index in [0.29, 0.717) is 18.6 Å². The number of H-pyrrole nitrogens is 1. The molecule has 9 heteroatoms. The number of hydrogen-bond donors (Lipinski definition) is 1. The van der Waals surface area contributed by atoms with Crippen molar-refractivity contribution in [1.82, 2.24) is 24.8 Å². The highest BCUT2D eigenvalue weighted by Gasteiger charge is 2.37. The quantitative estimate of drug-likeness (QED) is 0.917. The Morgan fingerprint density at radius 2 is 2.09 bits per heavy atom. The van der Waals surface area contributed by atoms with Crippen LogP contribution in [0.15, 0.2) is 6.33 Å². The third-order valence-electron chi connectivity index (χ3n) is 3.95. The van der Waals surface area contributed by atoms with Crippen molar-refractivity contribution in [2.75, 3.05) is 32.1 Å². The monoisotopic (exact) mass is 314 g/mol. The van der Waals surface area contributed by atoms with Crippen molar-refractivity contribution >= 4 is 17.0 Å². The lowest BCUT2D eigenvalue weighted by Crippen LogP contribution is -2.45. The minimum Gasteiger partial charge on any atom is -0.353 e. The van der Waals surface area contributed by atoms with Crippen molar-refractivity contribution in [2.24, 2.45) is 0 Å². The molecule has 1 fully saturated rings. The third-order valence-corrected chi connectivity index (χ3v) is 3.95. The Labute approximate surface area is 125 Å². The average Bonchev–Trinajstić information content (AvgIpc) is 2.93. The second kappa shape index (κ2) is 5.38. The summed E-state index contributed by atoms with van der Waals surface area (Å²) in [6.45, 7) is 1.31. The lowest BCUT2D eigenvalue weighted by atomic mass is 10.0. The maximum atomic E-state index is 13.0. The van der Waals surface area contributed by atoms with E-state index in [9.17, 15) is 13.2 Å². The predicted molar refractivity (Wildman–Crippen MR) is 75.6 cm³/mol. The Morgan fingerprint density at radius 3 is 2.77 bits per heavy atom. The van der Waals surface area contributed by atoms with E-state index >= 15 is 0 Å². The van der Waals surface area contributed by atoms with Crippen LogP contribution < -0.4 is 4.90 Å². The minimum absolute atomic E-state index is 0.0456. The van der Waals surface area contributed by atoms with Gasteiger partial charge in [0.2, 0.25) is 5.82 Å². The molecule has 0 saturated carbocycles. The Balaban J connectivity index is 2.03. The zero-order chi connectivity index (χ0) is 15.9. The van der Waals surface area contributed by atoms with Gasteiger partial charge in [-0.25, -0.2) is 15.0 Å². The summed E-state index contributed by atoms with van der Waals surface area (Å²) in [6.07, 6.45) is -1.31. The van der Waals surface area contributed by atoms with E-state index in [4.69, 9.17) is 0 Å². The van der Waals surface area contributed by atoms with Crippen LogP contribution >= 0.6 is 0 Å². The van der Waals surface area contributed by atoms with Crippen LogP contribution in [0.1, 0.15) is 18.7 Å². The van der Waals surface area contributed by atoms with Crippen LogP contribution in [0.3, 0.4) is 0 Å². The van der Waals surface area contributed by atoms with Crippen LogP contribution in [0, 0.1) is 0 Å². The largest absolute Gasteiger partial charge is 0.451 e. The molecule has 6 nitrogen and oxygen atoms in total. The van der Waals surface area contributed by atoms with Gasteiger partial charge in [-0.1, -0.05) is 0 Å². The van der Waals surface area contributed by atoms with Crippen LogP contribution in [0.4, 0.5) is 19.0 Å². The van der Waals surface area contributed by atoms with Crippen LogP contribution in [-0.4, -0.2) is 58.1 Å². The number of piperidine rings is 1. The van der Waals surface area contributed by atoms with Gasteiger partial charge in [0.05, 0.1) is 6.33 Å². The Bertz CT molecular complexity index is 665. The fourth-order valence-electron chi connectivity index (χ4n) is 2.74. The molecule has 1 N–H and O–H groups in total. The number of hydrogen-bond acceptors (Lipinski definition) is 5. The van der Waals surface area contributed by atoms with Gasteiger partial charge >= 0.3 is 6.18 Å². The van der Waals surface area contributed by atoms with E-state index < -0.39 is 12.0 Å². The Kier molecular flexibility index (Phi) is 3.67. The number of fused-ring (bicyclic) bond motifs is 1. The topological polar surface area (TPSA) is 60.9 Å². The van der Waals surface area contributed by atoms with Gasteiger partial charge in [0.25, 0.3) is 0 Å². The molecule has 3 heterocycles. The summed E-state index contributed by atoms with van der Waals surface area (Å²) >= 11 is 0. The molecule has 0 amide bonds. The van der Waals surface area contributed by atoms with Crippen molar-refractivity contribution in [3.05, 3.63) is 12.2 Å². The molecule has 120 valence electrons. The van der Waals surface area contributed by atoms with Crippen LogP contribution in [0.5, 0.6) is 0 Å². The number of likely N-dealkylation sites (N-methyl/N-ethyl adjacent to an activating group) is 1. The summed E-state index contributed by atoms with van der Waals surface area (Å²) < 4.78 is 39.0. The van der Waals surface area contributed by atoms with Crippen LogP contribution in [-0.2, 0) is 6.18 Å². The molecule has 1 aliphatic heterocycles. The average molecular weight is 314 g/mol. The number of halogens is 3. The zero-order valence-corrected chi connectivity index (χ0v) is 12.4. The predicted octanol–water partition coefficient (Wildman–Crippen LogP) is 1.90. The van der Waals surface area contributed by atoms with E-state index in [-0.39, 0.29) is 17.5 Å². The molecule has 1 atom stereocenters. The minimum atomic E-state index is -4.58. The van der Waals surface area contributed by atoms with Crippen LogP contribution in [0.2, 0.25) is 0 Å². The third kappa shape index (κ3) is 2.72. The molecule has 2 aromatic heterocycles. The molecule has 3 rings (SSSR count). The van der Waals surface area contributed by atoms with E-state index in [1.54, 1.807) is 0 Å². The number of nitrogens with zero attached hydrogens (tertiary/aromatic N) is 5. The van der Waals surface area contributed by atoms with E-state index in [1.165, 1.54) is 6.33 Å². The number of alkyl halides is 3. The number of aromatic nitrogens is 4. The number of nitrogens with one attached hydrogen (secondary N) is 1. The van der Waals surface area contributed by atoms with Gasteiger partial charge in [-0.3, -0.25) is 0 Å². The lowest BCUT2D eigenvalue weighted by Gasteiger charge is -2.36. The smallest absolute Gasteiger partial charge is 0.353 e. The lowest BCUT2D eigenvalue weighted by molar-refractivity contribution is -0.144. The first kappa shape index (κ1) is 15.0. The molecular formula is C13H17F3N6. The van der Waals surface area contributed by atoms with Crippen molar-refractivity contribution in [3.8, 4) is 0 Å². The first-order valence-electron chi connectivity index (χ1n) is 7.06. The van der Waals surface area contributed by atoms with Crippen molar-refractivity contribution in [1.29, 1.82) is 0 Å². The normalized spacial score (nSPS) is 20.1. The van der Waals surface area contributed by atoms with E-state index in [1.807, 2.05) is 19.0 Å². The van der Waals surface area contributed by atoms with Crippen molar-refractivity contribution in [2.45, 2.75) is 25.1 Å². The summed E-state index contributed by atoms with van der Waals surface area (Å²) in [5.41, 5.74) is 0.497. The first-order valence-corrected chi connectivity index (χ1v) is 7.06. The molecule has 22 heavy (non-hydrogen) atoms. The molecule has 0 aliphatic carbocycles. The molecular weight excluding hydrogens is 297 g/mol. The fourth-order valence-corrected chi connectivity index (χ4v) is 2.74. The molecule has 1 unspecified atom stereocenters. The second-order valence-corrected chi connectivity index (χ2v) is 5.68. The SMILES string of the molecule is CN(C)C1CCCN(c2nc(C(F)(F)F)nc3nc[nH]c23)C1. The number of imidazole rings is 1. The summed E-state index contributed by atoms with van der Waals surface area (Å²) in [4.78, 5) is 17.9. The first-order chi connectivity index (χ1) is 10.4. The highest BCUT2D eigenvalue weighted by atomic mass is 19.4. The molecule has 1 saturated heterocycles. The Morgan fingerprint density at radius 1 is 1.32 bits per heavy atom. The molecule has 0 bridgehead atoms. The highest BCUT2D eigenvalue weighted by molar-refractivity contribution is 5.83. The fraction of sp³-hybridized carbons (Fsp3) is 0.615. The molecule has 0 aromatic carbocycles. The molecule has 2 aromatic rings. The van der Waals surface area contributed by atoms with Crippen molar-refractivity contribution < 1.29 is 13.2 Å². The second-order valence-electron chi connectivity index (χ2n) is 5.68. The van der Waals surface area contributed by atoms with Gasteiger partial charge < -0.3 is 14.8 Å². The Hall–Kier alpha value is -1.90. The van der Waals surface area contributed by atoms with Gasteiger partial charge in [-0.15, -0.1) is 0 Å². The standard InChI is InChI=1S/C13H17F3N6/c1-21(2)8-4-3-5-22(6-8)11-9-10(18-7-17-9)19-12(20-11)13(14,15)16/h7-8H,3-6H2,1-2H3,(H,17,18,19,20). The van der Waals surface area contributed by atoms with Crippen molar-refractivity contribution in [3.63, 3.8) is 0 Å². The van der Waals surface area contributed by atoms with Gasteiger partial charge in [0.1, 0.15) is 5.52 Å². The van der Waals surface area contributed by atoms with Gasteiger partial charge in [0.15, 0.2) is 11.5 Å². The summed E-state index contributed by atoms with van der Waals surface area (Å²) in [5, 5.41) is 0. The molecule has 0 radical (unpaired) electrons. The highest BCUT2D eigenvalue weighted by Crippen LogP contribution is 2.31. The molecule has 0 spiro atoms. The maximum absolute atomic E-state index is 13.0. The van der Waals surface area contributed by atoms with Gasteiger partial charge in [0, 0.05) is 19.1 Å². The summed E-state index contributed by atoms with van der Waals surface area (Å²) in [6, 6.07) is 0.288. The van der Waals surface area contributed by atoms with Gasteiger partial charge in [-0.2, -0.15) is 13.2 Å². The van der Waals surface area contributed by atoms with Crippen LogP contribution in [0.25, 0.3) is 11.2 Å². The summed E-state index contributed by atoms with van der Waals surface area (Å²) in [7, 11) is 3.95. The van der Waals surface area contributed by atoms with E-state index in [0.717, 1.165) is 12.8 Å². The van der Waals surface area contributed by atoms with Gasteiger partial charge in [-0.05, 0) is 26.9 Å².